The molecular formula is C57H90O6. The third kappa shape index (κ3) is 48.7. The topological polar surface area (TPSA) is 78.9 Å². The van der Waals surface area contributed by atoms with Crippen LogP contribution in [0.15, 0.2) is 122 Å². The Bertz CT molecular complexity index is 1370. The van der Waals surface area contributed by atoms with E-state index in [-0.39, 0.29) is 37.5 Å². The number of allylic oxidation sites excluding steroid dienone is 20. The van der Waals surface area contributed by atoms with Gasteiger partial charge in [-0.1, -0.05) is 219 Å². The molecule has 0 saturated carbocycles. The van der Waals surface area contributed by atoms with Crippen molar-refractivity contribution in [1.29, 1.82) is 0 Å². The number of unbranched alkanes of at least 4 members (excludes halogenated alkanes) is 19. The molecule has 0 aliphatic rings. The lowest BCUT2D eigenvalue weighted by Crippen LogP contribution is -2.30. The number of carbonyl (C=O) groups excluding carboxylic acids is 3. The fraction of sp³-hybridized carbons (Fsp3) is 0.596. The quantitative estimate of drug-likeness (QED) is 0.0200. The van der Waals surface area contributed by atoms with Crippen molar-refractivity contribution in [1.82, 2.24) is 0 Å². The Balaban J connectivity index is 4.53. The second-order valence-corrected chi connectivity index (χ2v) is 16.2. The van der Waals surface area contributed by atoms with Crippen molar-refractivity contribution in [2.45, 2.75) is 207 Å². The Morgan fingerprint density at radius 1 is 0.333 bits per heavy atom. The van der Waals surface area contributed by atoms with E-state index >= 15 is 0 Å². The third-order valence-corrected chi connectivity index (χ3v) is 10.1. The molecule has 1 unspecified atom stereocenters. The molecule has 0 aliphatic carbocycles. The Labute approximate surface area is 386 Å². The summed E-state index contributed by atoms with van der Waals surface area (Å²) >= 11 is 0. The van der Waals surface area contributed by atoms with Crippen LogP contribution in [0.3, 0.4) is 0 Å². The molecule has 0 aromatic heterocycles. The first-order valence-electron chi connectivity index (χ1n) is 25.2. The average molecular weight is 871 g/mol. The van der Waals surface area contributed by atoms with Gasteiger partial charge in [0.2, 0.25) is 0 Å². The van der Waals surface area contributed by atoms with Crippen molar-refractivity contribution < 1.29 is 28.6 Å². The van der Waals surface area contributed by atoms with Crippen LogP contribution >= 0.6 is 0 Å². The first-order valence-corrected chi connectivity index (χ1v) is 25.2. The highest BCUT2D eigenvalue weighted by Gasteiger charge is 2.19. The van der Waals surface area contributed by atoms with Gasteiger partial charge in [0.25, 0.3) is 0 Å². The van der Waals surface area contributed by atoms with E-state index in [1.807, 2.05) is 60.8 Å². The minimum Gasteiger partial charge on any atom is -0.462 e. The lowest BCUT2D eigenvalue weighted by atomic mass is 10.1. The van der Waals surface area contributed by atoms with E-state index in [1.54, 1.807) is 0 Å². The van der Waals surface area contributed by atoms with Gasteiger partial charge in [0.05, 0.1) is 0 Å². The Morgan fingerprint density at radius 3 is 1.08 bits per heavy atom. The van der Waals surface area contributed by atoms with Crippen molar-refractivity contribution >= 4 is 17.9 Å². The van der Waals surface area contributed by atoms with Crippen LogP contribution < -0.4 is 0 Å². The molecule has 0 fully saturated rings. The van der Waals surface area contributed by atoms with Crippen molar-refractivity contribution in [3.63, 3.8) is 0 Å². The smallest absolute Gasteiger partial charge is 0.306 e. The Hall–Kier alpha value is -4.19. The number of hydrogen-bond donors (Lipinski definition) is 0. The molecule has 0 aromatic rings. The number of ether oxygens (including phenoxy) is 3. The maximum absolute atomic E-state index is 12.8. The van der Waals surface area contributed by atoms with E-state index in [0.717, 1.165) is 109 Å². The zero-order valence-corrected chi connectivity index (χ0v) is 40.3. The summed E-state index contributed by atoms with van der Waals surface area (Å²) in [5.74, 6) is -1.000. The molecule has 0 rings (SSSR count). The Morgan fingerprint density at radius 2 is 0.651 bits per heavy atom. The molecule has 63 heavy (non-hydrogen) atoms. The standard InChI is InChI=1S/C57H90O6/c1-4-7-10-13-16-19-22-24-26-28-30-31-33-35-38-41-44-47-50-56(59)62-53-54(52-61-55(58)49-46-43-40-37-21-18-15-12-9-6-3)63-57(60)51-48-45-42-39-36-34-32-29-27-25-23-20-17-14-11-8-5-2/h8,11,14-15,17-18,20,22-32,34,36,54H,4-7,9-10,12-13,16,19,21,33,35,37-53H2,1-3H3/b11-8-,17-14-,18-15-,23-20-,24-22-,27-25-,28-26-,31-30-,32-29+,36-34-. The van der Waals surface area contributed by atoms with Crippen LogP contribution in [0.4, 0.5) is 0 Å². The molecule has 0 heterocycles. The second-order valence-electron chi connectivity index (χ2n) is 16.2. The van der Waals surface area contributed by atoms with Gasteiger partial charge >= 0.3 is 17.9 Å². The second kappa shape index (κ2) is 50.5. The van der Waals surface area contributed by atoms with Crippen LogP contribution in [-0.2, 0) is 28.6 Å². The van der Waals surface area contributed by atoms with Gasteiger partial charge in [-0.05, 0) is 83.5 Å². The minimum atomic E-state index is -0.817. The maximum Gasteiger partial charge on any atom is 0.306 e. The first kappa shape index (κ1) is 58.8. The van der Waals surface area contributed by atoms with E-state index in [9.17, 15) is 14.4 Å². The first-order chi connectivity index (χ1) is 31.0. The largest absolute Gasteiger partial charge is 0.462 e. The molecule has 0 aromatic carbocycles. The molecule has 0 amide bonds. The summed E-state index contributed by atoms with van der Waals surface area (Å²) in [5, 5.41) is 0. The van der Waals surface area contributed by atoms with Gasteiger partial charge in [-0.15, -0.1) is 0 Å². The predicted octanol–water partition coefficient (Wildman–Crippen LogP) is 16.5. The number of hydrogen-bond acceptors (Lipinski definition) is 6. The lowest BCUT2D eigenvalue weighted by molar-refractivity contribution is -0.167. The summed E-state index contributed by atoms with van der Waals surface area (Å²) in [5.41, 5.74) is 0. The normalized spacial score (nSPS) is 13.1. The van der Waals surface area contributed by atoms with E-state index < -0.39 is 6.10 Å². The zero-order valence-electron chi connectivity index (χ0n) is 40.3. The highest BCUT2D eigenvalue weighted by molar-refractivity contribution is 5.71. The van der Waals surface area contributed by atoms with Gasteiger partial charge in [0.1, 0.15) is 13.2 Å². The molecule has 0 bridgehead atoms. The highest BCUT2D eigenvalue weighted by atomic mass is 16.6. The zero-order chi connectivity index (χ0) is 45.8. The molecule has 6 nitrogen and oxygen atoms in total. The van der Waals surface area contributed by atoms with Crippen LogP contribution in [0.2, 0.25) is 0 Å². The van der Waals surface area contributed by atoms with Gasteiger partial charge in [-0.25, -0.2) is 0 Å². The molecule has 0 radical (unpaired) electrons. The molecule has 0 saturated heterocycles. The van der Waals surface area contributed by atoms with Crippen LogP contribution in [0.5, 0.6) is 0 Å². The van der Waals surface area contributed by atoms with Crippen LogP contribution in [0.1, 0.15) is 201 Å². The van der Waals surface area contributed by atoms with Gasteiger partial charge in [-0.2, -0.15) is 0 Å². The fourth-order valence-corrected chi connectivity index (χ4v) is 6.34. The van der Waals surface area contributed by atoms with E-state index in [1.165, 1.54) is 44.9 Å². The summed E-state index contributed by atoms with van der Waals surface area (Å²) in [4.78, 5) is 37.9. The molecule has 6 heteroatoms. The monoisotopic (exact) mass is 871 g/mol. The van der Waals surface area contributed by atoms with E-state index in [4.69, 9.17) is 14.2 Å². The summed E-state index contributed by atoms with van der Waals surface area (Å²) in [6, 6.07) is 0. The number of carbonyl (C=O) groups is 3. The Kier molecular flexibility index (Phi) is 47.1. The number of esters is 3. The molecule has 1 atom stereocenters. The van der Waals surface area contributed by atoms with E-state index in [0.29, 0.717) is 19.3 Å². The highest BCUT2D eigenvalue weighted by Crippen LogP contribution is 2.12. The van der Waals surface area contributed by atoms with Crippen molar-refractivity contribution in [3.8, 4) is 0 Å². The van der Waals surface area contributed by atoms with Crippen LogP contribution in [-0.4, -0.2) is 37.2 Å². The maximum atomic E-state index is 12.8. The van der Waals surface area contributed by atoms with Crippen LogP contribution in [0.25, 0.3) is 0 Å². The molecule has 0 aliphatic heterocycles. The summed E-state index contributed by atoms with van der Waals surface area (Å²) in [6.45, 7) is 6.34. The van der Waals surface area contributed by atoms with Gasteiger partial charge in [0, 0.05) is 19.3 Å². The predicted molar refractivity (Wildman–Crippen MR) is 269 cm³/mol. The van der Waals surface area contributed by atoms with Crippen molar-refractivity contribution in [2.24, 2.45) is 0 Å². The average Bonchev–Trinajstić information content (AvgIpc) is 3.28. The molecule has 0 spiro atoms. The minimum absolute atomic E-state index is 0.113. The van der Waals surface area contributed by atoms with Gasteiger partial charge in [0.15, 0.2) is 6.10 Å². The molecule has 0 N–H and O–H groups in total. The van der Waals surface area contributed by atoms with E-state index in [2.05, 4.69) is 81.5 Å². The van der Waals surface area contributed by atoms with Crippen LogP contribution in [0, 0.1) is 0 Å². The molecule has 354 valence electrons. The van der Waals surface area contributed by atoms with Gasteiger partial charge < -0.3 is 14.2 Å². The van der Waals surface area contributed by atoms with Crippen molar-refractivity contribution in [2.75, 3.05) is 13.2 Å². The van der Waals surface area contributed by atoms with Crippen molar-refractivity contribution in [3.05, 3.63) is 122 Å². The summed E-state index contributed by atoms with van der Waals surface area (Å²) in [7, 11) is 0. The summed E-state index contributed by atoms with van der Waals surface area (Å²) in [6.07, 6.45) is 68.9. The molecular weight excluding hydrogens is 781 g/mol. The lowest BCUT2D eigenvalue weighted by Gasteiger charge is -2.18. The fourth-order valence-electron chi connectivity index (χ4n) is 6.34. The number of rotatable bonds is 43. The van der Waals surface area contributed by atoms with Gasteiger partial charge in [-0.3, -0.25) is 14.4 Å². The SMILES string of the molecule is CC\C=C/C=C\C=C/C=C\C=C\C=C/CCCCCC(=O)OC(COC(=O)CCCCCC/C=C\CCCC)COC(=O)CCCCCCC\C=C/C=C\C=C/CCCCCCC. The summed E-state index contributed by atoms with van der Waals surface area (Å²) < 4.78 is 16.7. The third-order valence-electron chi connectivity index (χ3n) is 10.1.